The second kappa shape index (κ2) is 7.14. The van der Waals surface area contributed by atoms with Gasteiger partial charge in [0.15, 0.2) is 0 Å². The maximum absolute atomic E-state index is 12.6. The molecule has 2 atom stereocenters. The predicted molar refractivity (Wildman–Crippen MR) is 98.8 cm³/mol. The van der Waals surface area contributed by atoms with Crippen molar-refractivity contribution in [1.82, 2.24) is 9.88 Å². The Morgan fingerprint density at radius 3 is 3.20 bits per heavy atom. The lowest BCUT2D eigenvalue weighted by Crippen LogP contribution is -2.47. The number of nitrogens with zero attached hydrogens (tertiary/aromatic N) is 2. The molecule has 0 aliphatic carbocycles. The molecule has 2 saturated heterocycles. The van der Waals surface area contributed by atoms with Crippen molar-refractivity contribution in [2.75, 3.05) is 25.0 Å². The lowest BCUT2D eigenvalue weighted by Gasteiger charge is -2.38. The number of amides is 1. The number of thiophene rings is 1. The third kappa shape index (κ3) is 3.85. The molecule has 0 unspecified atom stereocenters. The fraction of sp³-hybridized carbons (Fsp3) is 0.474. The van der Waals surface area contributed by atoms with Crippen molar-refractivity contribution in [2.45, 2.75) is 37.3 Å². The van der Waals surface area contributed by atoms with Crippen LogP contribution in [-0.4, -0.2) is 47.1 Å². The van der Waals surface area contributed by atoms with Gasteiger partial charge in [-0.15, -0.1) is 0 Å². The van der Waals surface area contributed by atoms with E-state index in [0.717, 1.165) is 43.8 Å². The van der Waals surface area contributed by atoms with E-state index in [2.05, 4.69) is 10.3 Å². The Hall–Kier alpha value is -1.92. The molecule has 1 N–H and O–H groups in total. The van der Waals surface area contributed by atoms with E-state index in [9.17, 15) is 4.79 Å². The van der Waals surface area contributed by atoms with Crippen LogP contribution in [-0.2, 0) is 16.0 Å². The summed E-state index contributed by atoms with van der Waals surface area (Å²) in [7, 11) is 0. The number of aromatic nitrogens is 1. The van der Waals surface area contributed by atoms with Crippen LogP contribution in [0.15, 0.2) is 41.2 Å². The first-order valence-corrected chi connectivity index (χ1v) is 9.77. The number of hydrogen-bond donors (Lipinski definition) is 1. The van der Waals surface area contributed by atoms with E-state index in [0.29, 0.717) is 19.0 Å². The number of anilines is 1. The summed E-state index contributed by atoms with van der Waals surface area (Å²) in [5, 5.41) is 7.59. The zero-order chi connectivity index (χ0) is 17.1. The van der Waals surface area contributed by atoms with Crippen molar-refractivity contribution in [2.24, 2.45) is 0 Å². The molecule has 132 valence electrons. The van der Waals surface area contributed by atoms with Crippen molar-refractivity contribution >= 4 is 23.1 Å². The molecule has 0 bridgehead atoms. The third-order valence-corrected chi connectivity index (χ3v) is 5.85. The van der Waals surface area contributed by atoms with Gasteiger partial charge in [0.2, 0.25) is 5.91 Å². The molecule has 0 radical (unpaired) electrons. The monoisotopic (exact) mass is 357 g/mol. The number of rotatable bonds is 4. The first-order valence-electron chi connectivity index (χ1n) is 8.83. The molecule has 4 heterocycles. The zero-order valence-electron chi connectivity index (χ0n) is 14.2. The Morgan fingerprint density at radius 2 is 2.40 bits per heavy atom. The highest BCUT2D eigenvalue weighted by molar-refractivity contribution is 7.08. The van der Waals surface area contributed by atoms with Gasteiger partial charge in [-0.1, -0.05) is 6.07 Å². The van der Waals surface area contributed by atoms with Gasteiger partial charge in [0, 0.05) is 31.9 Å². The molecule has 2 aliphatic rings. The molecule has 25 heavy (non-hydrogen) atoms. The van der Waals surface area contributed by atoms with Gasteiger partial charge in [-0.3, -0.25) is 4.79 Å². The van der Waals surface area contributed by atoms with E-state index in [-0.39, 0.29) is 11.5 Å². The van der Waals surface area contributed by atoms with Gasteiger partial charge in [-0.05, 0) is 53.8 Å². The number of hydrogen-bond acceptors (Lipinski definition) is 5. The Kier molecular flexibility index (Phi) is 4.72. The number of ether oxygens (including phenoxy) is 1. The van der Waals surface area contributed by atoms with Crippen LogP contribution in [0.25, 0.3) is 0 Å². The Bertz CT molecular complexity index is 707. The lowest BCUT2D eigenvalue weighted by atomic mass is 9.89. The molecule has 2 aromatic rings. The quantitative estimate of drug-likeness (QED) is 0.914. The highest BCUT2D eigenvalue weighted by Gasteiger charge is 2.44. The summed E-state index contributed by atoms with van der Waals surface area (Å²) >= 11 is 1.64. The molecular formula is C19H23N3O2S. The van der Waals surface area contributed by atoms with Crippen LogP contribution in [0.4, 0.5) is 5.82 Å². The SMILES string of the molecule is O=C(Cc1ccsc1)N1CC[C@@]2(C[C@H](Nc3ccccn3)CCO2)C1. The fourth-order valence-corrected chi connectivity index (χ4v) is 4.50. The summed E-state index contributed by atoms with van der Waals surface area (Å²) in [5.41, 5.74) is 0.907. The minimum absolute atomic E-state index is 0.199. The molecule has 5 nitrogen and oxygen atoms in total. The highest BCUT2D eigenvalue weighted by Crippen LogP contribution is 2.35. The summed E-state index contributed by atoms with van der Waals surface area (Å²) in [5.74, 6) is 1.12. The van der Waals surface area contributed by atoms with E-state index >= 15 is 0 Å². The topological polar surface area (TPSA) is 54.5 Å². The number of carbonyl (C=O) groups excluding carboxylic acids is 1. The number of carbonyl (C=O) groups is 1. The smallest absolute Gasteiger partial charge is 0.227 e. The lowest BCUT2D eigenvalue weighted by molar-refractivity contribution is -0.132. The Morgan fingerprint density at radius 1 is 1.44 bits per heavy atom. The van der Waals surface area contributed by atoms with E-state index in [1.807, 2.05) is 39.9 Å². The van der Waals surface area contributed by atoms with E-state index in [4.69, 9.17) is 4.74 Å². The number of pyridine rings is 1. The van der Waals surface area contributed by atoms with Crippen LogP contribution in [0.2, 0.25) is 0 Å². The second-order valence-corrected chi connectivity index (χ2v) is 7.73. The highest BCUT2D eigenvalue weighted by atomic mass is 32.1. The van der Waals surface area contributed by atoms with Crippen molar-refractivity contribution in [3.8, 4) is 0 Å². The van der Waals surface area contributed by atoms with Gasteiger partial charge < -0.3 is 15.0 Å². The molecule has 0 aromatic carbocycles. The molecule has 6 heteroatoms. The maximum Gasteiger partial charge on any atom is 0.227 e. The Balaban J connectivity index is 1.36. The van der Waals surface area contributed by atoms with Gasteiger partial charge >= 0.3 is 0 Å². The molecular weight excluding hydrogens is 334 g/mol. The summed E-state index contributed by atoms with van der Waals surface area (Å²) in [6.07, 6.45) is 5.11. The van der Waals surface area contributed by atoms with Crippen LogP contribution >= 0.6 is 11.3 Å². The van der Waals surface area contributed by atoms with Crippen molar-refractivity contribution in [3.05, 3.63) is 46.8 Å². The Labute approximate surface area is 152 Å². The van der Waals surface area contributed by atoms with Crippen molar-refractivity contribution in [1.29, 1.82) is 0 Å². The first-order chi connectivity index (χ1) is 12.2. The van der Waals surface area contributed by atoms with Gasteiger partial charge in [-0.2, -0.15) is 11.3 Å². The van der Waals surface area contributed by atoms with Gasteiger partial charge in [0.25, 0.3) is 0 Å². The number of nitrogens with one attached hydrogen (secondary N) is 1. The average molecular weight is 357 g/mol. The zero-order valence-corrected chi connectivity index (χ0v) is 15.0. The third-order valence-electron chi connectivity index (χ3n) is 5.11. The minimum Gasteiger partial charge on any atom is -0.373 e. The van der Waals surface area contributed by atoms with Gasteiger partial charge in [-0.25, -0.2) is 4.98 Å². The van der Waals surface area contributed by atoms with E-state index in [1.165, 1.54) is 0 Å². The molecule has 4 rings (SSSR count). The van der Waals surface area contributed by atoms with Crippen molar-refractivity contribution < 1.29 is 9.53 Å². The summed E-state index contributed by atoms with van der Waals surface area (Å²) in [4.78, 5) is 18.9. The minimum atomic E-state index is -0.199. The standard InChI is InChI=1S/C19H23N3O2S/c23-18(11-15-5-10-25-13-15)22-8-6-19(14-22)12-16(4-9-24-19)21-17-3-1-2-7-20-17/h1-3,5,7,10,13,16H,4,6,8-9,11-12,14H2,(H,20,21)/t16-,19-/m1/s1. The predicted octanol–water partition coefficient (Wildman–Crippen LogP) is 2.95. The number of likely N-dealkylation sites (tertiary alicyclic amines) is 1. The van der Waals surface area contributed by atoms with E-state index in [1.54, 1.807) is 17.5 Å². The normalized spacial score (nSPS) is 26.1. The van der Waals surface area contributed by atoms with Crippen LogP contribution in [0.1, 0.15) is 24.8 Å². The second-order valence-electron chi connectivity index (χ2n) is 6.95. The maximum atomic E-state index is 12.6. The molecule has 2 aliphatic heterocycles. The molecule has 1 amide bonds. The van der Waals surface area contributed by atoms with Gasteiger partial charge in [0.1, 0.15) is 5.82 Å². The molecule has 2 fully saturated rings. The van der Waals surface area contributed by atoms with Crippen LogP contribution in [0.3, 0.4) is 0 Å². The molecule has 2 aromatic heterocycles. The molecule has 0 saturated carbocycles. The largest absolute Gasteiger partial charge is 0.373 e. The van der Waals surface area contributed by atoms with Gasteiger partial charge in [0.05, 0.1) is 12.0 Å². The first kappa shape index (κ1) is 16.5. The fourth-order valence-electron chi connectivity index (χ4n) is 3.83. The average Bonchev–Trinajstić information content (AvgIpc) is 3.26. The van der Waals surface area contributed by atoms with Crippen LogP contribution in [0, 0.1) is 0 Å². The molecule has 1 spiro atoms. The van der Waals surface area contributed by atoms with E-state index < -0.39 is 0 Å². The summed E-state index contributed by atoms with van der Waals surface area (Å²) in [6.45, 7) is 2.23. The van der Waals surface area contributed by atoms with Crippen LogP contribution in [0.5, 0.6) is 0 Å². The summed E-state index contributed by atoms with van der Waals surface area (Å²) < 4.78 is 6.16. The summed E-state index contributed by atoms with van der Waals surface area (Å²) in [6, 6.07) is 8.27. The van der Waals surface area contributed by atoms with Crippen molar-refractivity contribution in [3.63, 3.8) is 0 Å². The van der Waals surface area contributed by atoms with Crippen LogP contribution < -0.4 is 5.32 Å².